The smallest absolute Gasteiger partial charge is 0.224 e. The van der Waals surface area contributed by atoms with Gasteiger partial charge in [-0.05, 0) is 43.7 Å². The number of unbranched alkanes of at least 4 members (excludes halogenated alkanes) is 3. The lowest BCUT2D eigenvalue weighted by Crippen LogP contribution is -2.17. The molecule has 3 N–H and O–H groups in total. The molecule has 0 amide bonds. The van der Waals surface area contributed by atoms with E-state index >= 15 is 0 Å². The number of hydrogen-bond donors (Lipinski definition) is 2. The van der Waals surface area contributed by atoms with Crippen molar-refractivity contribution < 1.29 is 4.74 Å². The van der Waals surface area contributed by atoms with E-state index < -0.39 is 0 Å². The van der Waals surface area contributed by atoms with Crippen molar-refractivity contribution in [1.29, 1.82) is 5.41 Å². The van der Waals surface area contributed by atoms with Crippen LogP contribution in [0.4, 0.5) is 0 Å². The third-order valence-electron chi connectivity index (χ3n) is 3.79. The van der Waals surface area contributed by atoms with Gasteiger partial charge in [0, 0.05) is 5.69 Å². The van der Waals surface area contributed by atoms with Gasteiger partial charge in [0.1, 0.15) is 5.84 Å². The predicted molar refractivity (Wildman–Crippen MR) is 81.5 cm³/mol. The summed E-state index contributed by atoms with van der Waals surface area (Å²) in [6.07, 6.45) is 9.11. The average Bonchev–Trinajstić information content (AvgIpc) is 2.46. The van der Waals surface area contributed by atoms with Gasteiger partial charge in [-0.25, -0.2) is 4.98 Å². The lowest BCUT2D eigenvalue weighted by Gasteiger charge is -2.18. The van der Waals surface area contributed by atoms with Crippen LogP contribution in [0.5, 0.6) is 5.88 Å². The number of aromatic nitrogens is 1. The van der Waals surface area contributed by atoms with Gasteiger partial charge < -0.3 is 10.5 Å². The average molecular weight is 275 g/mol. The van der Waals surface area contributed by atoms with Gasteiger partial charge in [0.15, 0.2) is 0 Å². The third-order valence-corrected chi connectivity index (χ3v) is 3.79. The molecule has 0 atom stereocenters. The van der Waals surface area contributed by atoms with Gasteiger partial charge >= 0.3 is 0 Å². The number of nitrogens with zero attached hydrogens (tertiary/aromatic N) is 1. The van der Waals surface area contributed by atoms with Gasteiger partial charge in [0.2, 0.25) is 5.88 Å². The van der Waals surface area contributed by atoms with Gasteiger partial charge in [-0.2, -0.15) is 0 Å². The maximum Gasteiger partial charge on any atom is 0.224 e. The van der Waals surface area contributed by atoms with E-state index in [1.165, 1.54) is 37.7 Å². The molecule has 4 heteroatoms. The Bertz CT molecular complexity index is 471. The van der Waals surface area contributed by atoms with Crippen molar-refractivity contribution >= 4 is 5.84 Å². The van der Waals surface area contributed by atoms with E-state index in [1.807, 2.05) is 6.07 Å². The van der Waals surface area contributed by atoms with Crippen LogP contribution in [0, 0.1) is 5.41 Å². The van der Waals surface area contributed by atoms with Crippen molar-refractivity contribution in [1.82, 2.24) is 4.98 Å². The summed E-state index contributed by atoms with van der Waals surface area (Å²) in [6, 6.07) is 2.01. The summed E-state index contributed by atoms with van der Waals surface area (Å²) < 4.78 is 5.78. The maximum atomic E-state index is 7.70. The molecule has 0 bridgehead atoms. The van der Waals surface area contributed by atoms with Crippen LogP contribution in [-0.2, 0) is 12.8 Å². The molecule has 110 valence electrons. The summed E-state index contributed by atoms with van der Waals surface area (Å²) in [5, 5.41) is 7.70. The van der Waals surface area contributed by atoms with Crippen LogP contribution < -0.4 is 10.5 Å². The zero-order chi connectivity index (χ0) is 14.4. The van der Waals surface area contributed by atoms with E-state index in [-0.39, 0.29) is 5.84 Å². The monoisotopic (exact) mass is 275 g/mol. The summed E-state index contributed by atoms with van der Waals surface area (Å²) in [4.78, 5) is 4.61. The first-order chi connectivity index (χ1) is 9.72. The van der Waals surface area contributed by atoms with Crippen molar-refractivity contribution in [2.45, 2.75) is 58.3 Å². The Morgan fingerprint density at radius 2 is 2.10 bits per heavy atom. The summed E-state index contributed by atoms with van der Waals surface area (Å²) in [6.45, 7) is 2.85. The number of hydrogen-bond acceptors (Lipinski definition) is 3. The first-order valence-corrected chi connectivity index (χ1v) is 7.72. The first kappa shape index (κ1) is 14.8. The van der Waals surface area contributed by atoms with E-state index in [9.17, 15) is 0 Å². The number of nitrogens with two attached hydrogens (primary N) is 1. The molecule has 1 aliphatic rings. The minimum absolute atomic E-state index is 0.0504. The minimum Gasteiger partial charge on any atom is -0.477 e. The molecule has 1 aliphatic carbocycles. The van der Waals surface area contributed by atoms with Gasteiger partial charge in [-0.1, -0.05) is 26.2 Å². The fourth-order valence-electron chi connectivity index (χ4n) is 2.62. The quantitative estimate of drug-likeness (QED) is 0.456. The number of ether oxygens (including phenoxy) is 1. The van der Waals surface area contributed by atoms with Crippen molar-refractivity contribution in [2.75, 3.05) is 6.61 Å². The van der Waals surface area contributed by atoms with Crippen LogP contribution in [0.3, 0.4) is 0 Å². The molecule has 0 spiro atoms. The number of fused-ring (bicyclic) bond motifs is 1. The molecule has 1 heterocycles. The fraction of sp³-hybridized carbons (Fsp3) is 0.625. The third kappa shape index (κ3) is 3.71. The second-order valence-electron chi connectivity index (χ2n) is 5.48. The summed E-state index contributed by atoms with van der Waals surface area (Å²) in [7, 11) is 0. The normalized spacial score (nSPS) is 13.8. The van der Waals surface area contributed by atoms with Gasteiger partial charge in [0.25, 0.3) is 0 Å². The van der Waals surface area contributed by atoms with Gasteiger partial charge in [0.05, 0.1) is 12.2 Å². The van der Waals surface area contributed by atoms with Crippen molar-refractivity contribution in [3.05, 3.63) is 22.9 Å². The summed E-state index contributed by atoms with van der Waals surface area (Å²) in [5.74, 6) is 0.601. The zero-order valence-electron chi connectivity index (χ0n) is 12.4. The van der Waals surface area contributed by atoms with Crippen LogP contribution in [-0.4, -0.2) is 17.4 Å². The molecule has 0 saturated heterocycles. The Hall–Kier alpha value is -1.58. The highest BCUT2D eigenvalue weighted by Gasteiger charge is 2.17. The number of nitrogens with one attached hydrogen (secondary N) is 1. The second kappa shape index (κ2) is 7.27. The van der Waals surface area contributed by atoms with Crippen LogP contribution in [0.1, 0.15) is 62.3 Å². The van der Waals surface area contributed by atoms with Crippen molar-refractivity contribution in [2.24, 2.45) is 5.73 Å². The van der Waals surface area contributed by atoms with E-state index in [1.54, 1.807) is 0 Å². The molecule has 1 aromatic heterocycles. The Morgan fingerprint density at radius 1 is 1.30 bits per heavy atom. The largest absolute Gasteiger partial charge is 0.477 e. The first-order valence-electron chi connectivity index (χ1n) is 7.72. The highest BCUT2D eigenvalue weighted by Crippen LogP contribution is 2.26. The fourth-order valence-corrected chi connectivity index (χ4v) is 2.62. The molecule has 0 aliphatic heterocycles. The summed E-state index contributed by atoms with van der Waals surface area (Å²) >= 11 is 0. The molecular weight excluding hydrogens is 250 g/mol. The highest BCUT2D eigenvalue weighted by molar-refractivity contribution is 5.97. The number of nitrogen functional groups attached to an aromatic ring is 1. The lowest BCUT2D eigenvalue weighted by molar-refractivity contribution is 0.292. The standard InChI is InChI=1S/C16H25N3O/c1-2-3-4-7-10-20-16-13(15(17)18)11-12-8-5-6-9-14(12)19-16/h11H,2-10H2,1H3,(H3,17,18). The molecule has 2 rings (SSSR count). The maximum absolute atomic E-state index is 7.70. The molecule has 0 fully saturated rings. The van der Waals surface area contributed by atoms with Crippen molar-refractivity contribution in [3.8, 4) is 5.88 Å². The number of amidine groups is 1. The molecule has 0 unspecified atom stereocenters. The van der Waals surface area contributed by atoms with E-state index in [0.717, 1.165) is 25.0 Å². The topological polar surface area (TPSA) is 72.0 Å². The SMILES string of the molecule is CCCCCCOc1nc2c(cc1C(=N)N)CCCC2. The Morgan fingerprint density at radius 3 is 2.85 bits per heavy atom. The Kier molecular flexibility index (Phi) is 5.39. The molecule has 4 nitrogen and oxygen atoms in total. The minimum atomic E-state index is 0.0504. The highest BCUT2D eigenvalue weighted by atomic mass is 16.5. The number of aryl methyl sites for hydroxylation is 2. The zero-order valence-corrected chi connectivity index (χ0v) is 12.4. The van der Waals surface area contributed by atoms with Crippen molar-refractivity contribution in [3.63, 3.8) is 0 Å². The molecule has 1 aromatic rings. The van der Waals surface area contributed by atoms with Crippen LogP contribution in [0.15, 0.2) is 6.07 Å². The molecule has 0 radical (unpaired) electrons. The van der Waals surface area contributed by atoms with E-state index in [4.69, 9.17) is 15.9 Å². The predicted octanol–water partition coefficient (Wildman–Crippen LogP) is 3.20. The molecular formula is C16H25N3O. The van der Waals surface area contributed by atoms with E-state index in [0.29, 0.717) is 18.1 Å². The van der Waals surface area contributed by atoms with Gasteiger partial charge in [-0.15, -0.1) is 0 Å². The Labute approximate surface area is 121 Å². The number of rotatable bonds is 7. The van der Waals surface area contributed by atoms with Crippen LogP contribution >= 0.6 is 0 Å². The van der Waals surface area contributed by atoms with Crippen LogP contribution in [0.25, 0.3) is 0 Å². The summed E-state index contributed by atoms with van der Waals surface area (Å²) in [5.41, 5.74) is 8.68. The van der Waals surface area contributed by atoms with Crippen LogP contribution in [0.2, 0.25) is 0 Å². The lowest BCUT2D eigenvalue weighted by atomic mass is 9.95. The molecule has 0 aromatic carbocycles. The van der Waals surface area contributed by atoms with E-state index in [2.05, 4.69) is 11.9 Å². The second-order valence-corrected chi connectivity index (χ2v) is 5.48. The van der Waals surface area contributed by atoms with Gasteiger partial charge in [-0.3, -0.25) is 5.41 Å². The number of pyridine rings is 1. The molecule has 20 heavy (non-hydrogen) atoms. The molecule has 0 saturated carbocycles. The Balaban J connectivity index is 2.07.